The predicted molar refractivity (Wildman–Crippen MR) is 280 cm³/mol. The smallest absolute Gasteiger partial charge is 0.137 e. The molecule has 0 spiro atoms. The third-order valence-corrected chi connectivity index (χ3v) is 12.2. The molecule has 2 N–H and O–H groups in total. The first-order valence-electron chi connectivity index (χ1n) is 27.2. The minimum atomic E-state index is -0.614. The Morgan fingerprint density at radius 1 is 0.552 bits per heavy atom. The van der Waals surface area contributed by atoms with E-state index in [0.717, 1.165) is 55.1 Å². The van der Waals surface area contributed by atoms with Crippen LogP contribution in [0.25, 0.3) is 71.8 Å². The lowest BCUT2D eigenvalue weighted by atomic mass is 9.82. The monoisotopic (exact) mass is 882 g/mol. The zero-order valence-electron chi connectivity index (χ0n) is 47.9. The van der Waals surface area contributed by atoms with Crippen LogP contribution in [-0.2, 0) is 10.8 Å². The summed E-state index contributed by atoms with van der Waals surface area (Å²) in [4.78, 5) is 4.96. The Morgan fingerprint density at radius 3 is 1.90 bits per heavy atom. The molecule has 6 nitrogen and oxygen atoms in total. The van der Waals surface area contributed by atoms with Crippen molar-refractivity contribution in [1.29, 1.82) is 0 Å². The molecule has 3 heterocycles. The van der Waals surface area contributed by atoms with E-state index < -0.39 is 65.8 Å². The third kappa shape index (κ3) is 7.84. The van der Waals surface area contributed by atoms with Crippen molar-refractivity contribution < 1.29 is 22.9 Å². The third-order valence-electron chi connectivity index (χ3n) is 12.2. The van der Waals surface area contributed by atoms with Crippen molar-refractivity contribution in [2.45, 2.75) is 52.4 Å². The normalized spacial score (nSPS) is 14.1. The highest BCUT2D eigenvalue weighted by Crippen LogP contribution is 2.45. The quantitative estimate of drug-likeness (QED) is 0.151. The van der Waals surface area contributed by atoms with Crippen molar-refractivity contribution in [2.75, 3.05) is 10.6 Å². The van der Waals surface area contributed by atoms with Gasteiger partial charge in [-0.15, -0.1) is 0 Å². The Kier molecular flexibility index (Phi) is 7.77. The number of furan rings is 1. The van der Waals surface area contributed by atoms with Crippen molar-refractivity contribution >= 4 is 66.5 Å². The minimum Gasteiger partial charge on any atom is -0.457 e. The van der Waals surface area contributed by atoms with Crippen LogP contribution in [0.5, 0.6) is 11.5 Å². The first-order valence-corrected chi connectivity index (χ1v) is 22.2. The lowest BCUT2D eigenvalue weighted by Crippen LogP contribution is -2.12. The van der Waals surface area contributed by atoms with E-state index >= 15 is 0 Å². The van der Waals surface area contributed by atoms with Gasteiger partial charge in [-0.25, -0.2) is 4.98 Å². The largest absolute Gasteiger partial charge is 0.457 e. The fourth-order valence-electron chi connectivity index (χ4n) is 8.74. The second-order valence-corrected chi connectivity index (χ2v) is 18.7. The molecule has 0 atom stereocenters. The summed E-state index contributed by atoms with van der Waals surface area (Å²) >= 11 is 0. The van der Waals surface area contributed by atoms with Crippen LogP contribution in [0, 0.1) is 0 Å². The maximum absolute atomic E-state index is 9.12. The average molecular weight is 883 g/mol. The van der Waals surface area contributed by atoms with Gasteiger partial charge in [0.1, 0.15) is 28.5 Å². The standard InChI is InChI=1S/C61H52N4O2/c1-60(2,3)41-32-33-62-56(36-41)65-53-38-45(28-29-46(53)47-30-31-55-57(59(47)65)48-24-13-16-27-54(48)67-55)66-44-23-17-22-43(37-44)63-51-25-14-15-26-52(51)64-58-49(39-18-9-7-10-19-39)34-42(61(4,5)6)35-50(58)40-20-11-8-12-21-40/h7-38,63-64H,1-6H3/i7D,8D,9D,10D,11D,12D,18D,19D,20D,21D. The summed E-state index contributed by atoms with van der Waals surface area (Å²) in [6.45, 7) is 12.4. The van der Waals surface area contributed by atoms with Gasteiger partial charge >= 0.3 is 0 Å². The lowest BCUT2D eigenvalue weighted by Gasteiger charge is -2.26. The van der Waals surface area contributed by atoms with Crippen LogP contribution in [0.4, 0.5) is 22.7 Å². The van der Waals surface area contributed by atoms with E-state index in [1.54, 1.807) is 24.3 Å². The molecular formula is C61H52N4O2. The van der Waals surface area contributed by atoms with Crippen LogP contribution in [0.1, 0.15) is 66.4 Å². The number of benzene rings is 8. The molecule has 0 bridgehead atoms. The fraction of sp³-hybridized carbons (Fsp3) is 0.131. The van der Waals surface area contributed by atoms with Crippen LogP contribution >= 0.6 is 0 Å². The van der Waals surface area contributed by atoms with Crippen molar-refractivity contribution in [3.8, 4) is 39.6 Å². The molecule has 0 saturated heterocycles. The predicted octanol–water partition coefficient (Wildman–Crippen LogP) is 17.3. The second-order valence-electron chi connectivity index (χ2n) is 18.7. The highest BCUT2D eigenvalue weighted by atomic mass is 16.5. The zero-order chi connectivity index (χ0) is 54.6. The molecule has 0 radical (unpaired) electrons. The van der Waals surface area contributed by atoms with Gasteiger partial charge in [0.2, 0.25) is 0 Å². The number of nitrogens with zero attached hydrogens (tertiary/aromatic N) is 2. The Labute approximate surface area is 405 Å². The molecule has 0 saturated carbocycles. The molecule has 0 aliphatic rings. The highest BCUT2D eigenvalue weighted by Gasteiger charge is 2.24. The summed E-state index contributed by atoms with van der Waals surface area (Å²) < 4.78 is 103. The van der Waals surface area contributed by atoms with Gasteiger partial charge in [0, 0.05) is 51.3 Å². The van der Waals surface area contributed by atoms with Gasteiger partial charge in [0.15, 0.2) is 0 Å². The van der Waals surface area contributed by atoms with E-state index in [9.17, 15) is 0 Å². The molecule has 11 rings (SSSR count). The van der Waals surface area contributed by atoms with Crippen LogP contribution in [-0.4, -0.2) is 9.55 Å². The summed E-state index contributed by atoms with van der Waals surface area (Å²) in [6.07, 6.45) is 1.86. The number of ether oxygens (including phenoxy) is 1. The van der Waals surface area contributed by atoms with Gasteiger partial charge < -0.3 is 19.8 Å². The first-order chi connectivity index (χ1) is 36.6. The second kappa shape index (κ2) is 16.4. The topological polar surface area (TPSA) is 64.2 Å². The van der Waals surface area contributed by atoms with Crippen LogP contribution in [0.15, 0.2) is 198 Å². The molecule has 0 aliphatic heterocycles. The van der Waals surface area contributed by atoms with E-state index in [2.05, 4.69) is 66.3 Å². The van der Waals surface area contributed by atoms with Crippen LogP contribution in [0.3, 0.4) is 0 Å². The molecule has 0 fully saturated rings. The van der Waals surface area contributed by atoms with E-state index in [0.29, 0.717) is 34.1 Å². The number of pyridine rings is 1. The average Bonchev–Trinajstić information content (AvgIpc) is 3.98. The van der Waals surface area contributed by atoms with Gasteiger partial charge in [0.25, 0.3) is 0 Å². The molecule has 0 amide bonds. The number of rotatable bonds is 9. The van der Waals surface area contributed by atoms with Gasteiger partial charge in [-0.3, -0.25) is 4.57 Å². The highest BCUT2D eigenvalue weighted by molar-refractivity contribution is 6.24. The van der Waals surface area contributed by atoms with Gasteiger partial charge in [-0.2, -0.15) is 0 Å². The van der Waals surface area contributed by atoms with Gasteiger partial charge in [0.05, 0.1) is 47.2 Å². The molecule has 328 valence electrons. The van der Waals surface area contributed by atoms with E-state index in [-0.39, 0.29) is 33.4 Å². The number of hydrogen-bond acceptors (Lipinski definition) is 5. The number of anilines is 4. The van der Waals surface area contributed by atoms with Crippen molar-refractivity contribution in [3.05, 3.63) is 205 Å². The Bertz CT molecular complexity index is 4100. The summed E-state index contributed by atoms with van der Waals surface area (Å²) in [6, 6.07) is 35.5. The summed E-state index contributed by atoms with van der Waals surface area (Å²) in [5.74, 6) is 1.88. The van der Waals surface area contributed by atoms with Crippen LogP contribution < -0.4 is 15.4 Å². The molecule has 3 aromatic heterocycles. The molecule has 6 heteroatoms. The Balaban J connectivity index is 1.02. The van der Waals surface area contributed by atoms with E-state index in [4.69, 9.17) is 27.8 Å². The minimum absolute atomic E-state index is 0.120. The Morgan fingerprint density at radius 2 is 1.19 bits per heavy atom. The number of nitrogens with one attached hydrogen (secondary N) is 2. The fourth-order valence-corrected chi connectivity index (χ4v) is 8.74. The molecule has 0 unspecified atom stereocenters. The van der Waals surface area contributed by atoms with Crippen LogP contribution in [0.2, 0.25) is 0 Å². The number of aromatic nitrogens is 2. The summed E-state index contributed by atoms with van der Waals surface area (Å²) in [5.41, 5.74) is 6.39. The molecule has 11 aromatic rings. The lowest BCUT2D eigenvalue weighted by molar-refractivity contribution is 0.483. The van der Waals surface area contributed by atoms with Crippen molar-refractivity contribution in [2.24, 2.45) is 0 Å². The van der Waals surface area contributed by atoms with E-state index in [1.165, 1.54) is 0 Å². The maximum atomic E-state index is 9.12. The molecular weight excluding hydrogens is 821 g/mol. The van der Waals surface area contributed by atoms with Crippen molar-refractivity contribution in [1.82, 2.24) is 9.55 Å². The zero-order valence-corrected chi connectivity index (χ0v) is 37.9. The maximum Gasteiger partial charge on any atom is 0.137 e. The van der Waals surface area contributed by atoms with E-state index in [1.807, 2.05) is 99.8 Å². The van der Waals surface area contributed by atoms with Crippen molar-refractivity contribution in [3.63, 3.8) is 0 Å². The summed E-state index contributed by atoms with van der Waals surface area (Å²) in [5, 5.41) is 11.0. The SMILES string of the molecule is [2H]c1c([2H])c([2H])c(-c2cc(C(C)(C)C)cc(-c3c([2H])c([2H])c([2H])c([2H])c3[2H])c2Nc2ccccc2Nc2cccc(Oc3ccc4c5ccc6oc7ccccc7c6c5n(-c5cc(C(C)(C)C)ccn5)c4c3)c2)c([2H])c1[2H]. The molecule has 67 heavy (non-hydrogen) atoms. The first kappa shape index (κ1) is 31.7. The number of para-hydroxylation sites is 3. The number of fused-ring (bicyclic) bond motifs is 7. The van der Waals surface area contributed by atoms with Gasteiger partial charge in [-0.05, 0) is 112 Å². The molecule has 0 aliphatic carbocycles. The molecule has 8 aromatic carbocycles. The van der Waals surface area contributed by atoms with Gasteiger partial charge in [-0.1, -0.05) is 138 Å². The number of hydrogen-bond donors (Lipinski definition) is 2. The Hall–Kier alpha value is -8.09. The summed E-state index contributed by atoms with van der Waals surface area (Å²) in [7, 11) is 0.